The molecule has 0 aliphatic carbocycles. The standard InChI is InChI=1S/C18H16Br2Cl3N3OS/c1-9-3-5-11(6-4-9)15(27)25-16(18(21,22)23)26-17(28)24-14-10(2)7-12(19)8-13(14)20/h3-8,16H,1-2H3,(H,25,27)(H2,24,26,28)/t16-/m0/s1. The third-order valence-corrected chi connectivity index (χ3v) is 5.64. The topological polar surface area (TPSA) is 53.2 Å². The molecule has 2 rings (SSSR count). The number of amides is 1. The van der Waals surface area contributed by atoms with Gasteiger partial charge < -0.3 is 16.0 Å². The van der Waals surface area contributed by atoms with Gasteiger partial charge >= 0.3 is 0 Å². The molecular weight excluding hydrogens is 572 g/mol. The van der Waals surface area contributed by atoms with E-state index >= 15 is 0 Å². The summed E-state index contributed by atoms with van der Waals surface area (Å²) in [4.78, 5) is 12.5. The molecule has 10 heteroatoms. The fraction of sp³-hybridized carbons (Fsp3) is 0.222. The third kappa shape index (κ3) is 6.75. The smallest absolute Gasteiger partial charge is 0.252 e. The number of rotatable bonds is 4. The van der Waals surface area contributed by atoms with E-state index in [9.17, 15) is 4.79 Å². The Kier molecular flexibility index (Phi) is 8.43. The molecule has 0 fully saturated rings. The molecule has 1 amide bonds. The monoisotopic (exact) mass is 585 g/mol. The maximum atomic E-state index is 12.5. The van der Waals surface area contributed by atoms with Crippen molar-refractivity contribution in [1.82, 2.24) is 10.6 Å². The van der Waals surface area contributed by atoms with Crippen LogP contribution >= 0.6 is 78.9 Å². The second-order valence-corrected chi connectivity index (χ2v) is 10.5. The van der Waals surface area contributed by atoms with Gasteiger partial charge in [0.25, 0.3) is 5.91 Å². The van der Waals surface area contributed by atoms with Crippen LogP contribution in [0.4, 0.5) is 5.69 Å². The van der Waals surface area contributed by atoms with Crippen LogP contribution in [0.3, 0.4) is 0 Å². The van der Waals surface area contributed by atoms with Crippen LogP contribution in [-0.4, -0.2) is 21.0 Å². The van der Waals surface area contributed by atoms with Gasteiger partial charge in [-0.25, -0.2) is 0 Å². The Morgan fingerprint density at radius 2 is 1.68 bits per heavy atom. The second-order valence-electron chi connectivity index (χ2n) is 5.99. The van der Waals surface area contributed by atoms with E-state index in [2.05, 4.69) is 47.8 Å². The van der Waals surface area contributed by atoms with Gasteiger partial charge in [-0.05, 0) is 71.8 Å². The van der Waals surface area contributed by atoms with E-state index in [1.165, 1.54) is 0 Å². The largest absolute Gasteiger partial charge is 0.339 e. The van der Waals surface area contributed by atoms with Crippen molar-refractivity contribution in [1.29, 1.82) is 0 Å². The first-order chi connectivity index (χ1) is 13.0. The zero-order valence-corrected chi connectivity index (χ0v) is 21.0. The normalized spacial score (nSPS) is 12.2. The average Bonchev–Trinajstić information content (AvgIpc) is 2.57. The van der Waals surface area contributed by atoms with Gasteiger partial charge in [-0.3, -0.25) is 4.79 Å². The molecule has 0 unspecified atom stereocenters. The summed E-state index contributed by atoms with van der Waals surface area (Å²) < 4.78 is -0.110. The number of aryl methyl sites for hydroxylation is 2. The van der Waals surface area contributed by atoms with Crippen molar-refractivity contribution in [2.45, 2.75) is 23.8 Å². The fourth-order valence-corrected chi connectivity index (χ4v) is 4.35. The first-order valence-electron chi connectivity index (χ1n) is 7.95. The van der Waals surface area contributed by atoms with Crippen molar-refractivity contribution in [3.63, 3.8) is 0 Å². The van der Waals surface area contributed by atoms with Crippen LogP contribution in [0.5, 0.6) is 0 Å². The zero-order chi connectivity index (χ0) is 21.1. The number of benzene rings is 2. The SMILES string of the molecule is Cc1ccc(C(=O)N[C@@H](NC(=S)Nc2c(C)cc(Br)cc2Br)C(Cl)(Cl)Cl)cc1. The van der Waals surface area contributed by atoms with Crippen LogP contribution in [0.15, 0.2) is 45.3 Å². The fourth-order valence-electron chi connectivity index (χ4n) is 2.26. The number of hydrogen-bond donors (Lipinski definition) is 3. The first-order valence-corrected chi connectivity index (χ1v) is 11.1. The number of carbonyl (C=O) groups is 1. The maximum Gasteiger partial charge on any atom is 0.252 e. The number of nitrogens with one attached hydrogen (secondary N) is 3. The van der Waals surface area contributed by atoms with Gasteiger partial charge in [0.2, 0.25) is 3.79 Å². The summed E-state index contributed by atoms with van der Waals surface area (Å²) in [6, 6.07) is 10.8. The number of carbonyl (C=O) groups excluding carboxylic acids is 1. The lowest BCUT2D eigenvalue weighted by Crippen LogP contribution is -2.56. The Balaban J connectivity index is 2.13. The number of hydrogen-bond acceptors (Lipinski definition) is 2. The van der Waals surface area contributed by atoms with Crippen LogP contribution in [0.2, 0.25) is 0 Å². The summed E-state index contributed by atoms with van der Waals surface area (Å²) in [5, 5.41) is 8.74. The van der Waals surface area contributed by atoms with Gasteiger partial charge in [0, 0.05) is 14.5 Å². The molecule has 0 bridgehead atoms. The molecule has 0 saturated heterocycles. The third-order valence-electron chi connectivity index (χ3n) is 3.68. The number of alkyl halides is 3. The molecule has 0 aliphatic heterocycles. The highest BCUT2D eigenvalue weighted by molar-refractivity contribution is 9.11. The Morgan fingerprint density at radius 1 is 1.07 bits per heavy atom. The number of halogens is 5. The molecule has 1 atom stereocenters. The molecule has 150 valence electrons. The van der Waals surface area contributed by atoms with E-state index in [1.54, 1.807) is 12.1 Å². The highest BCUT2D eigenvalue weighted by atomic mass is 79.9. The van der Waals surface area contributed by atoms with Gasteiger partial charge in [-0.2, -0.15) is 0 Å². The lowest BCUT2D eigenvalue weighted by Gasteiger charge is -2.28. The highest BCUT2D eigenvalue weighted by Crippen LogP contribution is 2.31. The maximum absolute atomic E-state index is 12.5. The summed E-state index contributed by atoms with van der Waals surface area (Å²) in [6.07, 6.45) is -1.05. The molecule has 3 N–H and O–H groups in total. The van der Waals surface area contributed by atoms with Crippen molar-refractivity contribution in [3.05, 3.63) is 62.0 Å². The van der Waals surface area contributed by atoms with Crippen LogP contribution in [0.1, 0.15) is 21.5 Å². The summed E-state index contributed by atoms with van der Waals surface area (Å²) in [6.45, 7) is 3.85. The minimum atomic E-state index is -1.84. The first kappa shape index (κ1) is 23.7. The predicted octanol–water partition coefficient (Wildman–Crippen LogP) is 6.24. The van der Waals surface area contributed by atoms with Gasteiger partial charge in [0.1, 0.15) is 6.17 Å². The Bertz CT molecular complexity index is 866. The van der Waals surface area contributed by atoms with Crippen molar-refractivity contribution in [2.24, 2.45) is 0 Å². The molecule has 0 saturated carbocycles. The lowest BCUT2D eigenvalue weighted by molar-refractivity contribution is 0.0934. The number of anilines is 1. The Hall–Kier alpha value is -0.570. The van der Waals surface area contributed by atoms with Gasteiger partial charge in [0.15, 0.2) is 5.11 Å². The summed E-state index contributed by atoms with van der Waals surface area (Å²) in [5.74, 6) is -0.396. The van der Waals surface area contributed by atoms with Crippen LogP contribution < -0.4 is 16.0 Å². The second kappa shape index (κ2) is 9.96. The van der Waals surface area contributed by atoms with E-state index in [4.69, 9.17) is 47.0 Å². The van der Waals surface area contributed by atoms with E-state index in [-0.39, 0.29) is 5.11 Å². The molecule has 0 aliphatic rings. The molecule has 0 spiro atoms. The molecule has 0 heterocycles. The van der Waals surface area contributed by atoms with E-state index in [0.29, 0.717) is 5.56 Å². The van der Waals surface area contributed by atoms with Crippen LogP contribution in [-0.2, 0) is 0 Å². The zero-order valence-electron chi connectivity index (χ0n) is 14.7. The van der Waals surface area contributed by atoms with Crippen molar-refractivity contribution < 1.29 is 4.79 Å². The Labute approximate surface area is 200 Å². The number of thiocarbonyl (C=S) groups is 1. The summed E-state index contributed by atoms with van der Waals surface area (Å²) in [7, 11) is 0. The molecule has 2 aromatic carbocycles. The molecule has 0 aromatic heterocycles. The molecule has 4 nitrogen and oxygen atoms in total. The lowest BCUT2D eigenvalue weighted by atomic mass is 10.1. The quantitative estimate of drug-likeness (QED) is 0.225. The molecule has 0 radical (unpaired) electrons. The Morgan fingerprint density at radius 3 is 2.21 bits per heavy atom. The van der Waals surface area contributed by atoms with Crippen LogP contribution in [0.25, 0.3) is 0 Å². The van der Waals surface area contributed by atoms with Crippen molar-refractivity contribution in [3.8, 4) is 0 Å². The van der Waals surface area contributed by atoms with Crippen LogP contribution in [0, 0.1) is 13.8 Å². The van der Waals surface area contributed by atoms with E-state index in [0.717, 1.165) is 25.8 Å². The highest BCUT2D eigenvalue weighted by Gasteiger charge is 2.35. The predicted molar refractivity (Wildman–Crippen MR) is 129 cm³/mol. The van der Waals surface area contributed by atoms with Gasteiger partial charge in [0.05, 0.1) is 5.69 Å². The summed E-state index contributed by atoms with van der Waals surface area (Å²) in [5.41, 5.74) is 3.18. The van der Waals surface area contributed by atoms with Crippen molar-refractivity contribution >= 4 is 95.6 Å². The van der Waals surface area contributed by atoms with Gasteiger partial charge in [-0.15, -0.1) is 0 Å². The van der Waals surface area contributed by atoms with E-state index in [1.807, 2.05) is 38.1 Å². The summed E-state index contributed by atoms with van der Waals surface area (Å²) >= 11 is 30.4. The van der Waals surface area contributed by atoms with Crippen molar-refractivity contribution in [2.75, 3.05) is 5.32 Å². The minimum Gasteiger partial charge on any atom is -0.339 e. The molecular formula is C18H16Br2Cl3N3OS. The minimum absolute atomic E-state index is 0.187. The van der Waals surface area contributed by atoms with E-state index < -0.39 is 15.9 Å². The van der Waals surface area contributed by atoms with Gasteiger partial charge in [-0.1, -0.05) is 68.4 Å². The average molecular weight is 589 g/mol. The molecule has 2 aromatic rings. The molecule has 28 heavy (non-hydrogen) atoms.